The summed E-state index contributed by atoms with van der Waals surface area (Å²) in [6.45, 7) is 6.18. The molecule has 2 rings (SSSR count). The smallest absolute Gasteiger partial charge is 0.410 e. The lowest BCUT2D eigenvalue weighted by atomic mass is 9.87. The van der Waals surface area contributed by atoms with Crippen LogP contribution in [0.15, 0.2) is 48.5 Å². The molecular weight excluding hydrogens is 319 g/mol. The maximum Gasteiger partial charge on any atom is 0.417 e. The number of rotatable bonds is 2. The number of carbonyl (C=O) groups is 1. The Bertz CT molecular complexity index is 716. The molecule has 3 nitrogen and oxygen atoms in total. The van der Waals surface area contributed by atoms with Gasteiger partial charge in [-0.3, -0.25) is 5.32 Å². The Balaban J connectivity index is 2.03. The van der Waals surface area contributed by atoms with Gasteiger partial charge in [0.1, 0.15) is 5.75 Å². The van der Waals surface area contributed by atoms with Gasteiger partial charge in [-0.2, -0.15) is 13.2 Å². The summed E-state index contributed by atoms with van der Waals surface area (Å²) in [6.07, 6.45) is -5.32. The van der Waals surface area contributed by atoms with E-state index in [0.29, 0.717) is 5.75 Å². The molecule has 128 valence electrons. The summed E-state index contributed by atoms with van der Waals surface area (Å²) in [7, 11) is 0. The standard InChI is InChI=1S/C18H18F3NO2/c1-17(2,3)12-7-9-15(10-8-12)24-16(23)22-14-6-4-5-13(11-14)18(19,20)21/h4-11H,1-3H3,(H,22,23). The first-order valence-corrected chi connectivity index (χ1v) is 7.32. The minimum atomic E-state index is -4.47. The van der Waals surface area contributed by atoms with Crippen LogP contribution in [0.5, 0.6) is 5.75 Å². The third kappa shape index (κ3) is 4.75. The van der Waals surface area contributed by atoms with Gasteiger partial charge in [-0.05, 0) is 41.3 Å². The van der Waals surface area contributed by atoms with E-state index < -0.39 is 17.8 Å². The average Bonchev–Trinajstić information content (AvgIpc) is 2.46. The number of hydrogen-bond acceptors (Lipinski definition) is 2. The van der Waals surface area contributed by atoms with Crippen LogP contribution in [0.4, 0.5) is 23.7 Å². The van der Waals surface area contributed by atoms with Gasteiger partial charge in [-0.1, -0.05) is 39.0 Å². The molecule has 6 heteroatoms. The van der Waals surface area contributed by atoms with Crippen molar-refractivity contribution in [1.29, 1.82) is 0 Å². The van der Waals surface area contributed by atoms with Gasteiger partial charge in [0.2, 0.25) is 0 Å². The Morgan fingerprint density at radius 2 is 1.58 bits per heavy atom. The molecule has 0 atom stereocenters. The molecule has 2 aromatic carbocycles. The van der Waals surface area contributed by atoms with Crippen LogP contribution in [0.2, 0.25) is 0 Å². The zero-order valence-electron chi connectivity index (χ0n) is 13.6. The van der Waals surface area contributed by atoms with Crippen LogP contribution >= 0.6 is 0 Å². The molecule has 2 aromatic rings. The van der Waals surface area contributed by atoms with Gasteiger partial charge in [-0.15, -0.1) is 0 Å². The van der Waals surface area contributed by atoms with Gasteiger partial charge >= 0.3 is 12.3 Å². The maximum absolute atomic E-state index is 12.6. The summed E-state index contributed by atoms with van der Waals surface area (Å²) >= 11 is 0. The number of halogens is 3. The molecule has 0 radical (unpaired) electrons. The lowest BCUT2D eigenvalue weighted by Crippen LogP contribution is -2.17. The second-order valence-corrected chi connectivity index (χ2v) is 6.37. The molecule has 0 saturated heterocycles. The van der Waals surface area contributed by atoms with E-state index in [0.717, 1.165) is 17.7 Å². The third-order valence-electron chi connectivity index (χ3n) is 3.37. The summed E-state index contributed by atoms with van der Waals surface area (Å²) in [5, 5.41) is 2.29. The van der Waals surface area contributed by atoms with Crippen molar-refractivity contribution in [3.8, 4) is 5.75 Å². The Morgan fingerprint density at radius 3 is 2.12 bits per heavy atom. The minimum Gasteiger partial charge on any atom is -0.410 e. The van der Waals surface area contributed by atoms with E-state index in [2.05, 4.69) is 26.1 Å². The predicted molar refractivity (Wildman–Crippen MR) is 86.2 cm³/mol. The number of nitrogens with one attached hydrogen (secondary N) is 1. The van der Waals surface area contributed by atoms with Crippen molar-refractivity contribution < 1.29 is 22.7 Å². The normalized spacial score (nSPS) is 11.9. The number of carbonyl (C=O) groups excluding carboxylic acids is 1. The fraction of sp³-hybridized carbons (Fsp3) is 0.278. The first-order chi connectivity index (χ1) is 11.1. The summed E-state index contributed by atoms with van der Waals surface area (Å²) in [6, 6.07) is 11.3. The first-order valence-electron chi connectivity index (χ1n) is 7.32. The maximum atomic E-state index is 12.6. The lowest BCUT2D eigenvalue weighted by Gasteiger charge is -2.19. The molecule has 0 aliphatic carbocycles. The van der Waals surface area contributed by atoms with E-state index in [-0.39, 0.29) is 11.1 Å². The van der Waals surface area contributed by atoms with Gasteiger partial charge in [0.15, 0.2) is 0 Å². The highest BCUT2D eigenvalue weighted by molar-refractivity contribution is 5.86. The quantitative estimate of drug-likeness (QED) is 0.773. The van der Waals surface area contributed by atoms with Crippen molar-refractivity contribution in [2.75, 3.05) is 5.32 Å². The van der Waals surface area contributed by atoms with E-state index in [9.17, 15) is 18.0 Å². The van der Waals surface area contributed by atoms with Crippen molar-refractivity contribution in [3.05, 3.63) is 59.7 Å². The number of hydrogen-bond donors (Lipinski definition) is 1. The van der Waals surface area contributed by atoms with Gasteiger partial charge in [-0.25, -0.2) is 4.79 Å². The fourth-order valence-electron chi connectivity index (χ4n) is 2.05. The molecule has 1 N–H and O–H groups in total. The van der Waals surface area contributed by atoms with Crippen LogP contribution < -0.4 is 10.1 Å². The Kier molecular flexibility index (Phi) is 4.87. The molecule has 0 aromatic heterocycles. The highest BCUT2D eigenvalue weighted by atomic mass is 19.4. The number of ether oxygens (including phenoxy) is 1. The lowest BCUT2D eigenvalue weighted by molar-refractivity contribution is -0.137. The Hall–Kier alpha value is -2.50. The van der Waals surface area contributed by atoms with E-state index >= 15 is 0 Å². The second-order valence-electron chi connectivity index (χ2n) is 6.37. The number of amides is 1. The largest absolute Gasteiger partial charge is 0.417 e. The SMILES string of the molecule is CC(C)(C)c1ccc(OC(=O)Nc2cccc(C(F)(F)F)c2)cc1. The van der Waals surface area contributed by atoms with Crippen molar-refractivity contribution in [2.24, 2.45) is 0 Å². The van der Waals surface area contributed by atoms with Crippen LogP contribution in [-0.4, -0.2) is 6.09 Å². The van der Waals surface area contributed by atoms with Crippen LogP contribution in [0, 0.1) is 0 Å². The summed E-state index contributed by atoms with van der Waals surface area (Å²) in [5.74, 6) is 0.312. The Labute approximate surface area is 138 Å². The van der Waals surface area contributed by atoms with Gasteiger partial charge in [0.05, 0.1) is 5.56 Å². The van der Waals surface area contributed by atoms with Crippen LogP contribution in [0.1, 0.15) is 31.9 Å². The van der Waals surface area contributed by atoms with E-state index in [4.69, 9.17) is 4.74 Å². The van der Waals surface area contributed by atoms with Crippen LogP contribution in [0.3, 0.4) is 0 Å². The summed E-state index contributed by atoms with van der Waals surface area (Å²) in [5.41, 5.74) is 0.225. The minimum absolute atomic E-state index is 0.0149. The van der Waals surface area contributed by atoms with Crippen LogP contribution in [0.25, 0.3) is 0 Å². The molecule has 0 heterocycles. The van der Waals surface area contributed by atoms with E-state index in [1.165, 1.54) is 12.1 Å². The highest BCUT2D eigenvalue weighted by Gasteiger charge is 2.30. The first kappa shape index (κ1) is 17.8. The van der Waals surface area contributed by atoms with Crippen LogP contribution in [-0.2, 0) is 11.6 Å². The van der Waals surface area contributed by atoms with Crippen molar-refractivity contribution in [2.45, 2.75) is 32.4 Å². The summed E-state index contributed by atoms with van der Waals surface area (Å²) in [4.78, 5) is 11.8. The molecule has 0 fully saturated rings. The zero-order chi connectivity index (χ0) is 18.0. The van der Waals surface area contributed by atoms with Crippen molar-refractivity contribution in [3.63, 3.8) is 0 Å². The van der Waals surface area contributed by atoms with Crippen molar-refractivity contribution >= 4 is 11.8 Å². The predicted octanol–water partition coefficient (Wildman–Crippen LogP) is 5.61. The molecular formula is C18H18F3NO2. The molecule has 0 spiro atoms. The molecule has 0 aliphatic rings. The number of alkyl halides is 3. The molecule has 0 bridgehead atoms. The molecule has 1 amide bonds. The van der Waals surface area contributed by atoms with Gasteiger partial charge < -0.3 is 4.74 Å². The molecule has 0 unspecified atom stereocenters. The van der Waals surface area contributed by atoms with E-state index in [1.54, 1.807) is 12.1 Å². The topological polar surface area (TPSA) is 38.3 Å². The highest BCUT2D eigenvalue weighted by Crippen LogP contribution is 2.30. The Morgan fingerprint density at radius 1 is 0.958 bits per heavy atom. The number of benzene rings is 2. The second kappa shape index (κ2) is 6.55. The van der Waals surface area contributed by atoms with Crippen molar-refractivity contribution in [1.82, 2.24) is 0 Å². The number of anilines is 1. The third-order valence-corrected chi connectivity index (χ3v) is 3.37. The summed E-state index contributed by atoms with van der Waals surface area (Å²) < 4.78 is 43.0. The van der Waals surface area contributed by atoms with Gasteiger partial charge in [0, 0.05) is 5.69 Å². The molecule has 0 aliphatic heterocycles. The zero-order valence-corrected chi connectivity index (χ0v) is 13.6. The van der Waals surface area contributed by atoms with E-state index in [1.807, 2.05) is 12.1 Å². The molecule has 24 heavy (non-hydrogen) atoms. The molecule has 0 saturated carbocycles. The average molecular weight is 337 g/mol. The fourth-order valence-corrected chi connectivity index (χ4v) is 2.05. The van der Waals surface area contributed by atoms with Gasteiger partial charge in [0.25, 0.3) is 0 Å². The monoisotopic (exact) mass is 337 g/mol.